The van der Waals surface area contributed by atoms with Crippen molar-refractivity contribution >= 4 is 0 Å². The van der Waals surface area contributed by atoms with Crippen LogP contribution in [-0.4, -0.2) is 9.55 Å². The first kappa shape index (κ1) is 16.0. The standard InChI is InChI=1S/C16H19F3N4/c1-10(2)23-9-13(16(17,18)19)21-14(23)11-3-5-12(6-4-11)15(22-20)7-8-15/h3-6,9-10,22H,7-8,20H2,1-2H3. The fourth-order valence-corrected chi connectivity index (χ4v) is 2.72. The van der Waals surface area contributed by atoms with Crippen molar-refractivity contribution < 1.29 is 13.2 Å². The quantitative estimate of drug-likeness (QED) is 0.667. The Hall–Kier alpha value is -1.86. The van der Waals surface area contributed by atoms with E-state index in [1.165, 1.54) is 0 Å². The van der Waals surface area contributed by atoms with E-state index < -0.39 is 11.9 Å². The maximum Gasteiger partial charge on any atom is 0.434 e. The molecule has 1 aliphatic carbocycles. The van der Waals surface area contributed by atoms with Crippen LogP contribution < -0.4 is 11.3 Å². The number of hydrazine groups is 1. The van der Waals surface area contributed by atoms with E-state index in [-0.39, 0.29) is 11.6 Å². The van der Waals surface area contributed by atoms with Crippen molar-refractivity contribution in [2.75, 3.05) is 0 Å². The highest BCUT2D eigenvalue weighted by molar-refractivity contribution is 5.57. The molecule has 0 saturated heterocycles. The van der Waals surface area contributed by atoms with Gasteiger partial charge in [0.2, 0.25) is 0 Å². The zero-order valence-corrected chi connectivity index (χ0v) is 13.0. The number of rotatable bonds is 4. The molecule has 0 amide bonds. The molecule has 1 aliphatic rings. The van der Waals surface area contributed by atoms with Gasteiger partial charge in [0, 0.05) is 17.8 Å². The number of hydrogen-bond donors (Lipinski definition) is 2. The Morgan fingerprint density at radius 3 is 2.26 bits per heavy atom. The highest BCUT2D eigenvalue weighted by Crippen LogP contribution is 2.45. The van der Waals surface area contributed by atoms with Crippen LogP contribution in [0.25, 0.3) is 11.4 Å². The third-order valence-electron chi connectivity index (χ3n) is 4.30. The van der Waals surface area contributed by atoms with E-state index in [0.717, 1.165) is 24.6 Å². The molecule has 0 spiro atoms. The minimum atomic E-state index is -4.45. The molecule has 124 valence electrons. The second kappa shape index (κ2) is 5.35. The largest absolute Gasteiger partial charge is 0.434 e. The summed E-state index contributed by atoms with van der Waals surface area (Å²) in [4.78, 5) is 3.80. The van der Waals surface area contributed by atoms with Gasteiger partial charge in [0.25, 0.3) is 0 Å². The monoisotopic (exact) mass is 324 g/mol. The number of benzene rings is 1. The number of halogens is 3. The van der Waals surface area contributed by atoms with Gasteiger partial charge in [-0.25, -0.2) is 10.4 Å². The molecular weight excluding hydrogens is 305 g/mol. The molecule has 0 bridgehead atoms. The fraction of sp³-hybridized carbons (Fsp3) is 0.438. The summed E-state index contributed by atoms with van der Waals surface area (Å²) in [6.07, 6.45) is -1.46. The summed E-state index contributed by atoms with van der Waals surface area (Å²) >= 11 is 0. The minimum Gasteiger partial charge on any atom is -0.328 e. The number of aromatic nitrogens is 2. The Bertz CT molecular complexity index is 697. The van der Waals surface area contributed by atoms with Gasteiger partial charge in [0.1, 0.15) is 5.82 Å². The van der Waals surface area contributed by atoms with Crippen molar-refractivity contribution in [2.45, 2.75) is 44.4 Å². The molecule has 2 aromatic rings. The van der Waals surface area contributed by atoms with Gasteiger partial charge in [-0.3, -0.25) is 5.84 Å². The van der Waals surface area contributed by atoms with Crippen LogP contribution in [0, 0.1) is 0 Å². The van der Waals surface area contributed by atoms with Crippen molar-refractivity contribution in [1.29, 1.82) is 0 Å². The zero-order valence-electron chi connectivity index (χ0n) is 13.0. The lowest BCUT2D eigenvalue weighted by Crippen LogP contribution is -2.34. The summed E-state index contributed by atoms with van der Waals surface area (Å²) in [6.45, 7) is 3.66. The first-order valence-corrected chi connectivity index (χ1v) is 7.51. The number of nitrogens with zero attached hydrogens (tertiary/aromatic N) is 2. The molecule has 3 N–H and O–H groups in total. The van der Waals surface area contributed by atoms with Crippen LogP contribution in [0.2, 0.25) is 0 Å². The molecule has 3 rings (SSSR count). The highest BCUT2D eigenvalue weighted by atomic mass is 19.4. The molecule has 1 fully saturated rings. The van der Waals surface area contributed by atoms with Gasteiger partial charge in [-0.2, -0.15) is 13.2 Å². The predicted octanol–water partition coefficient (Wildman–Crippen LogP) is 3.60. The minimum absolute atomic E-state index is 0.117. The van der Waals surface area contributed by atoms with Gasteiger partial charge in [-0.15, -0.1) is 0 Å². The molecule has 7 heteroatoms. The Labute approximate surface area is 132 Å². The third-order valence-corrected chi connectivity index (χ3v) is 4.30. The van der Waals surface area contributed by atoms with Crippen molar-refractivity contribution in [3.8, 4) is 11.4 Å². The van der Waals surface area contributed by atoms with Crippen LogP contribution in [0.5, 0.6) is 0 Å². The molecule has 1 heterocycles. The predicted molar refractivity (Wildman–Crippen MR) is 81.3 cm³/mol. The smallest absolute Gasteiger partial charge is 0.328 e. The molecule has 1 aromatic carbocycles. The maximum absolute atomic E-state index is 12.9. The van der Waals surface area contributed by atoms with E-state index in [2.05, 4.69) is 10.4 Å². The van der Waals surface area contributed by atoms with E-state index in [0.29, 0.717) is 11.4 Å². The van der Waals surface area contributed by atoms with Gasteiger partial charge in [-0.05, 0) is 32.3 Å². The SMILES string of the molecule is CC(C)n1cc(C(F)(F)F)nc1-c1ccc(C2(NN)CC2)cc1. The lowest BCUT2D eigenvalue weighted by atomic mass is 10.0. The second-order valence-electron chi connectivity index (χ2n) is 6.25. The molecule has 0 aliphatic heterocycles. The molecule has 23 heavy (non-hydrogen) atoms. The number of nitrogens with two attached hydrogens (primary N) is 1. The second-order valence-corrected chi connectivity index (χ2v) is 6.25. The molecule has 0 atom stereocenters. The number of alkyl halides is 3. The summed E-state index contributed by atoms with van der Waals surface area (Å²) in [5, 5.41) is 0. The van der Waals surface area contributed by atoms with Crippen LogP contribution in [0.1, 0.15) is 44.0 Å². The number of imidazole rings is 1. The highest BCUT2D eigenvalue weighted by Gasteiger charge is 2.43. The third kappa shape index (κ3) is 2.86. The lowest BCUT2D eigenvalue weighted by molar-refractivity contribution is -0.140. The topological polar surface area (TPSA) is 55.9 Å². The summed E-state index contributed by atoms with van der Waals surface area (Å²) in [5.74, 6) is 5.90. The van der Waals surface area contributed by atoms with Crippen molar-refractivity contribution in [3.63, 3.8) is 0 Å². The number of nitrogens with one attached hydrogen (secondary N) is 1. The normalized spacial score (nSPS) is 16.8. The Balaban J connectivity index is 1.99. The van der Waals surface area contributed by atoms with Crippen molar-refractivity contribution in [3.05, 3.63) is 41.7 Å². The molecule has 1 aromatic heterocycles. The molecule has 0 radical (unpaired) electrons. The summed E-state index contributed by atoms with van der Waals surface area (Å²) in [5.41, 5.74) is 3.47. The van der Waals surface area contributed by atoms with Crippen LogP contribution in [0.15, 0.2) is 30.5 Å². The fourth-order valence-electron chi connectivity index (χ4n) is 2.72. The van der Waals surface area contributed by atoms with E-state index in [1.807, 2.05) is 26.0 Å². The molecule has 1 saturated carbocycles. The van der Waals surface area contributed by atoms with E-state index in [4.69, 9.17) is 5.84 Å². The lowest BCUT2D eigenvalue weighted by Gasteiger charge is -2.15. The van der Waals surface area contributed by atoms with E-state index >= 15 is 0 Å². The van der Waals surface area contributed by atoms with E-state index in [9.17, 15) is 13.2 Å². The average Bonchev–Trinajstić information content (AvgIpc) is 3.16. The van der Waals surface area contributed by atoms with Crippen LogP contribution >= 0.6 is 0 Å². The average molecular weight is 324 g/mol. The summed E-state index contributed by atoms with van der Waals surface area (Å²) in [7, 11) is 0. The Morgan fingerprint density at radius 2 is 1.83 bits per heavy atom. The zero-order chi connectivity index (χ0) is 16.8. The van der Waals surface area contributed by atoms with Gasteiger partial charge in [-0.1, -0.05) is 24.3 Å². The first-order chi connectivity index (χ1) is 10.8. The van der Waals surface area contributed by atoms with Gasteiger partial charge >= 0.3 is 6.18 Å². The van der Waals surface area contributed by atoms with E-state index in [1.54, 1.807) is 16.7 Å². The number of hydrogen-bond acceptors (Lipinski definition) is 3. The van der Waals surface area contributed by atoms with Crippen LogP contribution in [0.3, 0.4) is 0 Å². The van der Waals surface area contributed by atoms with Gasteiger partial charge in [0.15, 0.2) is 5.69 Å². The summed E-state index contributed by atoms with van der Waals surface area (Å²) < 4.78 is 40.4. The van der Waals surface area contributed by atoms with Crippen molar-refractivity contribution in [1.82, 2.24) is 15.0 Å². The first-order valence-electron chi connectivity index (χ1n) is 7.51. The molecule has 0 unspecified atom stereocenters. The summed E-state index contributed by atoms with van der Waals surface area (Å²) in [6, 6.07) is 7.28. The van der Waals surface area contributed by atoms with Gasteiger partial charge < -0.3 is 4.57 Å². The van der Waals surface area contributed by atoms with Crippen LogP contribution in [0.4, 0.5) is 13.2 Å². The Morgan fingerprint density at radius 1 is 1.22 bits per heavy atom. The molecule has 4 nitrogen and oxygen atoms in total. The van der Waals surface area contributed by atoms with Crippen molar-refractivity contribution in [2.24, 2.45) is 5.84 Å². The van der Waals surface area contributed by atoms with Crippen LogP contribution in [-0.2, 0) is 11.7 Å². The Kier molecular flexibility index (Phi) is 3.72. The molecular formula is C16H19F3N4. The van der Waals surface area contributed by atoms with Gasteiger partial charge in [0.05, 0.1) is 5.54 Å². The maximum atomic E-state index is 12.9.